The first-order valence-corrected chi connectivity index (χ1v) is 8.96. The topological polar surface area (TPSA) is 60.2 Å². The summed E-state index contributed by atoms with van der Waals surface area (Å²) in [6, 6.07) is 15.5. The average molecular weight is 339 g/mol. The van der Waals surface area contributed by atoms with Gasteiger partial charge in [0.15, 0.2) is 5.75 Å². The monoisotopic (exact) mass is 339 g/mol. The molecular formula is C20H25N3O2. The molecule has 2 aromatic carbocycles. The third-order valence-electron chi connectivity index (χ3n) is 4.53. The molecule has 0 saturated carbocycles. The van der Waals surface area contributed by atoms with Crippen molar-refractivity contribution in [1.29, 1.82) is 0 Å². The standard InChI is InChI=1S/C20H25N3O2/c1-3-4-5-10-16(15(2)24)17-11-6-9-14-20(17)25-23-19-13-8-7-12-18(19)21-22-23/h6-9,11-16,24H,3-5,10H2,1-2H3. The van der Waals surface area contributed by atoms with Crippen molar-refractivity contribution in [2.24, 2.45) is 0 Å². The van der Waals surface area contributed by atoms with Crippen LogP contribution in [0.5, 0.6) is 5.75 Å². The minimum Gasteiger partial charge on any atom is -0.393 e. The van der Waals surface area contributed by atoms with Crippen molar-refractivity contribution < 1.29 is 9.94 Å². The van der Waals surface area contributed by atoms with Crippen LogP contribution in [0.15, 0.2) is 48.5 Å². The number of hydrogen-bond acceptors (Lipinski definition) is 4. The third kappa shape index (κ3) is 3.99. The van der Waals surface area contributed by atoms with E-state index in [2.05, 4.69) is 17.2 Å². The lowest BCUT2D eigenvalue weighted by Crippen LogP contribution is -2.17. The number of aliphatic hydroxyl groups is 1. The van der Waals surface area contributed by atoms with Crippen LogP contribution in [-0.2, 0) is 0 Å². The van der Waals surface area contributed by atoms with E-state index in [1.54, 1.807) is 0 Å². The molecule has 5 heteroatoms. The van der Waals surface area contributed by atoms with Crippen LogP contribution in [0.25, 0.3) is 11.0 Å². The summed E-state index contributed by atoms with van der Waals surface area (Å²) < 4.78 is 0. The summed E-state index contributed by atoms with van der Waals surface area (Å²) in [5, 5.41) is 18.5. The van der Waals surface area contributed by atoms with Crippen LogP contribution in [0.4, 0.5) is 0 Å². The average Bonchev–Trinajstić information content (AvgIpc) is 3.03. The quantitative estimate of drug-likeness (QED) is 0.621. The van der Waals surface area contributed by atoms with Crippen LogP contribution < -0.4 is 4.84 Å². The van der Waals surface area contributed by atoms with Gasteiger partial charge in [-0.1, -0.05) is 61.4 Å². The van der Waals surface area contributed by atoms with Gasteiger partial charge in [0.1, 0.15) is 11.0 Å². The van der Waals surface area contributed by atoms with E-state index in [4.69, 9.17) is 4.84 Å². The lowest BCUT2D eigenvalue weighted by atomic mass is 9.88. The molecule has 0 aliphatic rings. The van der Waals surface area contributed by atoms with Crippen LogP contribution in [0, 0.1) is 0 Å². The van der Waals surface area contributed by atoms with Crippen molar-refractivity contribution in [3.8, 4) is 5.75 Å². The number of benzene rings is 2. The molecule has 1 aromatic heterocycles. The van der Waals surface area contributed by atoms with Gasteiger partial charge in [0, 0.05) is 11.5 Å². The molecule has 0 bridgehead atoms. The Labute approximate surface area is 148 Å². The van der Waals surface area contributed by atoms with Crippen LogP contribution in [0.3, 0.4) is 0 Å². The van der Waals surface area contributed by atoms with Crippen molar-refractivity contribution in [3.05, 3.63) is 54.1 Å². The largest absolute Gasteiger partial charge is 0.393 e. The SMILES string of the molecule is CCCCCC(c1ccccc1On1nnc2ccccc21)C(C)O. The molecule has 1 heterocycles. The second-order valence-electron chi connectivity index (χ2n) is 6.42. The van der Waals surface area contributed by atoms with E-state index in [9.17, 15) is 5.11 Å². The number of aliphatic hydroxyl groups excluding tert-OH is 1. The Morgan fingerprint density at radius 1 is 1.08 bits per heavy atom. The summed E-state index contributed by atoms with van der Waals surface area (Å²) in [6.07, 6.45) is 3.92. The minimum atomic E-state index is -0.436. The molecule has 0 amide bonds. The summed E-state index contributed by atoms with van der Waals surface area (Å²) >= 11 is 0. The Kier molecular flexibility index (Phi) is 5.66. The van der Waals surface area contributed by atoms with Gasteiger partial charge in [-0.05, 0) is 36.8 Å². The van der Waals surface area contributed by atoms with Gasteiger partial charge in [-0.25, -0.2) is 0 Å². The number of hydrogen-bond donors (Lipinski definition) is 1. The van der Waals surface area contributed by atoms with Gasteiger partial charge in [0.25, 0.3) is 0 Å². The fraction of sp³-hybridized carbons (Fsp3) is 0.400. The van der Waals surface area contributed by atoms with Gasteiger partial charge in [-0.3, -0.25) is 0 Å². The number of rotatable bonds is 8. The number of nitrogens with zero attached hydrogens (tertiary/aromatic N) is 3. The Balaban J connectivity index is 1.89. The van der Waals surface area contributed by atoms with Crippen LogP contribution in [-0.4, -0.2) is 26.4 Å². The number of aromatic nitrogens is 3. The first kappa shape index (κ1) is 17.4. The van der Waals surface area contributed by atoms with Crippen molar-refractivity contribution >= 4 is 11.0 Å². The highest BCUT2D eigenvalue weighted by atomic mass is 16.7. The summed E-state index contributed by atoms with van der Waals surface area (Å²) in [4.78, 5) is 7.48. The normalized spacial score (nSPS) is 13.7. The van der Waals surface area contributed by atoms with Crippen molar-refractivity contribution in [1.82, 2.24) is 15.2 Å². The van der Waals surface area contributed by atoms with Crippen LogP contribution in [0.2, 0.25) is 0 Å². The molecule has 0 radical (unpaired) electrons. The van der Waals surface area contributed by atoms with Crippen molar-refractivity contribution in [3.63, 3.8) is 0 Å². The fourth-order valence-electron chi connectivity index (χ4n) is 3.15. The van der Waals surface area contributed by atoms with Gasteiger partial charge in [0.2, 0.25) is 0 Å². The maximum Gasteiger partial charge on any atom is 0.161 e. The minimum absolute atomic E-state index is 0.0394. The molecule has 0 fully saturated rings. The predicted octanol–water partition coefficient (Wildman–Crippen LogP) is 4.32. The molecule has 0 spiro atoms. The Bertz CT molecular complexity index is 813. The van der Waals surface area contributed by atoms with Gasteiger partial charge in [-0.15, -0.1) is 5.10 Å². The van der Waals surface area contributed by atoms with Gasteiger partial charge < -0.3 is 9.94 Å². The maximum atomic E-state index is 10.3. The van der Waals surface area contributed by atoms with Crippen molar-refractivity contribution in [2.75, 3.05) is 0 Å². The zero-order valence-electron chi connectivity index (χ0n) is 14.8. The first-order valence-electron chi connectivity index (χ1n) is 8.96. The maximum absolute atomic E-state index is 10.3. The molecule has 5 nitrogen and oxygen atoms in total. The molecule has 1 N–H and O–H groups in total. The molecule has 2 atom stereocenters. The zero-order chi connectivity index (χ0) is 17.6. The number of unbranched alkanes of at least 4 members (excludes halogenated alkanes) is 2. The van der Waals surface area contributed by atoms with E-state index in [-0.39, 0.29) is 5.92 Å². The predicted molar refractivity (Wildman–Crippen MR) is 98.6 cm³/mol. The van der Waals surface area contributed by atoms with E-state index in [1.807, 2.05) is 55.5 Å². The molecule has 3 rings (SSSR count). The Morgan fingerprint density at radius 2 is 1.84 bits per heavy atom. The highest BCUT2D eigenvalue weighted by Crippen LogP contribution is 2.33. The van der Waals surface area contributed by atoms with E-state index >= 15 is 0 Å². The molecule has 0 aliphatic carbocycles. The second kappa shape index (κ2) is 8.12. The number of fused-ring (bicyclic) bond motifs is 1. The molecule has 0 aliphatic heterocycles. The summed E-state index contributed by atoms with van der Waals surface area (Å²) in [6.45, 7) is 4.03. The summed E-state index contributed by atoms with van der Waals surface area (Å²) in [5.41, 5.74) is 2.61. The van der Waals surface area contributed by atoms with E-state index in [0.717, 1.165) is 35.9 Å². The molecule has 2 unspecified atom stereocenters. The van der Waals surface area contributed by atoms with Gasteiger partial charge >= 0.3 is 0 Å². The van der Waals surface area contributed by atoms with Crippen LogP contribution >= 0.6 is 0 Å². The van der Waals surface area contributed by atoms with E-state index in [1.165, 1.54) is 11.3 Å². The summed E-state index contributed by atoms with van der Waals surface area (Å²) in [5.74, 6) is 0.748. The molecular weight excluding hydrogens is 314 g/mol. The highest BCUT2D eigenvalue weighted by molar-refractivity contribution is 5.73. The zero-order valence-corrected chi connectivity index (χ0v) is 14.8. The fourth-order valence-corrected chi connectivity index (χ4v) is 3.15. The number of para-hydroxylation sites is 2. The van der Waals surface area contributed by atoms with E-state index < -0.39 is 6.10 Å². The lowest BCUT2D eigenvalue weighted by Gasteiger charge is -2.22. The smallest absolute Gasteiger partial charge is 0.161 e. The Hall–Kier alpha value is -2.40. The highest BCUT2D eigenvalue weighted by Gasteiger charge is 2.21. The molecule has 3 aromatic rings. The molecule has 132 valence electrons. The lowest BCUT2D eigenvalue weighted by molar-refractivity contribution is 0.145. The second-order valence-corrected chi connectivity index (χ2v) is 6.42. The molecule has 25 heavy (non-hydrogen) atoms. The van der Waals surface area contributed by atoms with Crippen LogP contribution in [0.1, 0.15) is 51.0 Å². The summed E-state index contributed by atoms with van der Waals surface area (Å²) in [7, 11) is 0. The van der Waals surface area contributed by atoms with Crippen molar-refractivity contribution in [2.45, 2.75) is 51.6 Å². The van der Waals surface area contributed by atoms with Gasteiger partial charge in [0.05, 0.1) is 6.10 Å². The Morgan fingerprint density at radius 3 is 2.64 bits per heavy atom. The molecule has 0 saturated heterocycles. The first-order chi connectivity index (χ1) is 12.2. The van der Waals surface area contributed by atoms with E-state index in [0.29, 0.717) is 5.75 Å². The van der Waals surface area contributed by atoms with Gasteiger partial charge in [-0.2, -0.15) is 0 Å². The third-order valence-corrected chi connectivity index (χ3v) is 4.53.